The zero-order chi connectivity index (χ0) is 24.4. The third-order valence-electron chi connectivity index (χ3n) is 6.69. The highest BCUT2D eigenvalue weighted by molar-refractivity contribution is 5.74. The average molecular weight is 468 g/mol. The van der Waals surface area contributed by atoms with E-state index in [1.807, 2.05) is 43.3 Å². The lowest BCUT2D eigenvalue weighted by Crippen LogP contribution is -2.36. The van der Waals surface area contributed by atoms with E-state index >= 15 is 0 Å². The Balaban J connectivity index is 1.55. The summed E-state index contributed by atoms with van der Waals surface area (Å²) in [7, 11) is 0. The third kappa shape index (κ3) is 7.74. The fourth-order valence-electron chi connectivity index (χ4n) is 4.50. The standard InChI is InChI=1S/C28H41N3O3/c1-4-29-27(33)30-21-22-9-8-10-23(19-22)25-12-11-24(20-26(25)32)28(2,3)13-6-5-7-14-31-15-17-34-18-16-31/h8-12,19-20,32H,4-7,13-18,21H2,1-3H3,(H2,29,30,33). The number of carbonyl (C=O) groups excluding carboxylic acids is 1. The molecule has 6 nitrogen and oxygen atoms in total. The summed E-state index contributed by atoms with van der Waals surface area (Å²) in [6.07, 6.45) is 4.73. The van der Waals surface area contributed by atoms with Gasteiger partial charge in [-0.3, -0.25) is 4.90 Å². The van der Waals surface area contributed by atoms with Crippen LogP contribution in [0.3, 0.4) is 0 Å². The van der Waals surface area contributed by atoms with Crippen molar-refractivity contribution in [3.05, 3.63) is 53.6 Å². The molecule has 0 bridgehead atoms. The molecule has 0 atom stereocenters. The summed E-state index contributed by atoms with van der Waals surface area (Å²) < 4.78 is 5.42. The molecule has 6 heteroatoms. The van der Waals surface area contributed by atoms with Gasteiger partial charge < -0.3 is 20.5 Å². The molecule has 0 spiro atoms. The molecule has 0 unspecified atom stereocenters. The number of phenolic OH excluding ortho intramolecular Hbond substituents is 1. The molecule has 186 valence electrons. The Morgan fingerprint density at radius 1 is 1.06 bits per heavy atom. The number of unbranched alkanes of at least 4 members (excludes halogenated alkanes) is 2. The first-order valence-corrected chi connectivity index (χ1v) is 12.6. The van der Waals surface area contributed by atoms with Gasteiger partial charge in [-0.1, -0.05) is 57.0 Å². The lowest BCUT2D eigenvalue weighted by Gasteiger charge is -2.27. The highest BCUT2D eigenvalue weighted by Crippen LogP contribution is 2.36. The summed E-state index contributed by atoms with van der Waals surface area (Å²) in [5, 5.41) is 16.4. The van der Waals surface area contributed by atoms with Crippen LogP contribution in [0.4, 0.5) is 4.79 Å². The van der Waals surface area contributed by atoms with Crippen molar-refractivity contribution in [2.24, 2.45) is 0 Å². The van der Waals surface area contributed by atoms with Crippen LogP contribution in [0.1, 0.15) is 57.6 Å². The van der Waals surface area contributed by atoms with Crippen LogP contribution in [0.2, 0.25) is 0 Å². The molecule has 1 heterocycles. The second-order valence-corrected chi connectivity index (χ2v) is 9.79. The van der Waals surface area contributed by atoms with Gasteiger partial charge in [-0.05, 0) is 60.5 Å². The minimum Gasteiger partial charge on any atom is -0.507 e. The summed E-state index contributed by atoms with van der Waals surface area (Å²) in [4.78, 5) is 14.2. The molecule has 0 saturated carbocycles. The second kappa shape index (κ2) is 12.8. The SMILES string of the molecule is CCNC(=O)NCc1cccc(-c2ccc(C(C)(C)CCCCCN3CCOCC3)cc2O)c1. The van der Waals surface area contributed by atoms with Crippen molar-refractivity contribution in [1.29, 1.82) is 0 Å². The van der Waals surface area contributed by atoms with Crippen molar-refractivity contribution >= 4 is 6.03 Å². The number of morpholine rings is 1. The molecule has 0 aliphatic carbocycles. The van der Waals surface area contributed by atoms with Crippen LogP contribution >= 0.6 is 0 Å². The fraction of sp³-hybridized carbons (Fsp3) is 0.536. The average Bonchev–Trinajstić information content (AvgIpc) is 2.83. The number of ether oxygens (including phenoxy) is 1. The Labute approximate surface area is 204 Å². The summed E-state index contributed by atoms with van der Waals surface area (Å²) in [5.41, 5.74) is 3.92. The topological polar surface area (TPSA) is 73.8 Å². The van der Waals surface area contributed by atoms with Gasteiger partial charge in [0.1, 0.15) is 5.75 Å². The first-order chi connectivity index (χ1) is 16.4. The lowest BCUT2D eigenvalue weighted by atomic mass is 9.79. The number of amides is 2. The van der Waals surface area contributed by atoms with Crippen molar-refractivity contribution in [1.82, 2.24) is 15.5 Å². The van der Waals surface area contributed by atoms with Gasteiger partial charge in [0, 0.05) is 31.7 Å². The van der Waals surface area contributed by atoms with Crippen LogP contribution in [0.5, 0.6) is 5.75 Å². The van der Waals surface area contributed by atoms with E-state index in [4.69, 9.17) is 4.74 Å². The van der Waals surface area contributed by atoms with E-state index in [1.54, 1.807) is 0 Å². The fourth-order valence-corrected chi connectivity index (χ4v) is 4.50. The smallest absolute Gasteiger partial charge is 0.315 e. The third-order valence-corrected chi connectivity index (χ3v) is 6.69. The number of benzene rings is 2. The summed E-state index contributed by atoms with van der Waals surface area (Å²) in [6, 6.07) is 13.8. The van der Waals surface area contributed by atoms with Crippen molar-refractivity contribution in [3.8, 4) is 16.9 Å². The molecular weight excluding hydrogens is 426 g/mol. The molecule has 3 rings (SSSR count). The van der Waals surface area contributed by atoms with E-state index in [1.165, 1.54) is 19.3 Å². The van der Waals surface area contributed by atoms with Crippen LogP contribution in [-0.4, -0.2) is 55.4 Å². The number of nitrogens with one attached hydrogen (secondary N) is 2. The van der Waals surface area contributed by atoms with Crippen LogP contribution < -0.4 is 10.6 Å². The predicted molar refractivity (Wildman–Crippen MR) is 138 cm³/mol. The Hall–Kier alpha value is -2.57. The van der Waals surface area contributed by atoms with Gasteiger partial charge in [0.15, 0.2) is 0 Å². The van der Waals surface area contributed by atoms with Crippen LogP contribution in [0.15, 0.2) is 42.5 Å². The zero-order valence-electron chi connectivity index (χ0n) is 21.0. The molecule has 3 N–H and O–H groups in total. The Bertz CT molecular complexity index is 923. The van der Waals surface area contributed by atoms with Gasteiger partial charge in [-0.2, -0.15) is 0 Å². The first-order valence-electron chi connectivity index (χ1n) is 12.6. The van der Waals surface area contributed by atoms with Gasteiger partial charge in [-0.15, -0.1) is 0 Å². The number of hydrogen-bond donors (Lipinski definition) is 3. The van der Waals surface area contributed by atoms with Crippen LogP contribution in [0, 0.1) is 0 Å². The van der Waals surface area contributed by atoms with Gasteiger partial charge in [0.05, 0.1) is 13.2 Å². The Morgan fingerprint density at radius 2 is 1.85 bits per heavy atom. The number of phenols is 1. The maximum absolute atomic E-state index is 11.7. The minimum atomic E-state index is -0.177. The normalized spacial score (nSPS) is 14.7. The molecule has 1 aliphatic rings. The maximum Gasteiger partial charge on any atom is 0.315 e. The van der Waals surface area contributed by atoms with Gasteiger partial charge in [0.25, 0.3) is 0 Å². The molecule has 2 aromatic carbocycles. The predicted octanol–water partition coefficient (Wildman–Crippen LogP) is 5.05. The number of rotatable bonds is 11. The van der Waals surface area contributed by atoms with Crippen molar-refractivity contribution in [2.45, 2.75) is 58.4 Å². The molecular formula is C28H41N3O3. The van der Waals surface area contributed by atoms with E-state index < -0.39 is 0 Å². The number of nitrogens with zero attached hydrogens (tertiary/aromatic N) is 1. The molecule has 2 amide bonds. The highest BCUT2D eigenvalue weighted by Gasteiger charge is 2.22. The van der Waals surface area contributed by atoms with Crippen LogP contribution in [-0.2, 0) is 16.7 Å². The van der Waals surface area contributed by atoms with E-state index in [9.17, 15) is 9.90 Å². The molecule has 1 aliphatic heterocycles. The van der Waals surface area contributed by atoms with Gasteiger partial charge in [0.2, 0.25) is 0 Å². The first kappa shape index (κ1) is 26.0. The number of aromatic hydroxyl groups is 1. The summed E-state index contributed by atoms with van der Waals surface area (Å²) in [5.74, 6) is 0.298. The molecule has 1 fully saturated rings. The molecule has 1 saturated heterocycles. The molecule has 0 radical (unpaired) electrons. The molecule has 2 aromatic rings. The summed E-state index contributed by atoms with van der Waals surface area (Å²) >= 11 is 0. The lowest BCUT2D eigenvalue weighted by molar-refractivity contribution is 0.0371. The second-order valence-electron chi connectivity index (χ2n) is 9.79. The van der Waals surface area contributed by atoms with Crippen LogP contribution in [0.25, 0.3) is 11.1 Å². The van der Waals surface area contributed by atoms with E-state index in [-0.39, 0.29) is 11.4 Å². The van der Waals surface area contributed by atoms with Gasteiger partial charge in [-0.25, -0.2) is 4.79 Å². The number of hydrogen-bond acceptors (Lipinski definition) is 4. The van der Waals surface area contributed by atoms with E-state index in [0.717, 1.165) is 61.5 Å². The van der Waals surface area contributed by atoms with Crippen molar-refractivity contribution < 1.29 is 14.6 Å². The highest BCUT2D eigenvalue weighted by atomic mass is 16.5. The van der Waals surface area contributed by atoms with E-state index in [0.29, 0.717) is 18.8 Å². The molecule has 0 aromatic heterocycles. The quantitative estimate of drug-likeness (QED) is 0.405. The van der Waals surface area contributed by atoms with Crippen molar-refractivity contribution in [2.75, 3.05) is 39.4 Å². The maximum atomic E-state index is 11.7. The Morgan fingerprint density at radius 3 is 2.59 bits per heavy atom. The summed E-state index contributed by atoms with van der Waals surface area (Å²) in [6.45, 7) is 12.5. The monoisotopic (exact) mass is 467 g/mol. The molecule has 34 heavy (non-hydrogen) atoms. The number of urea groups is 1. The Kier molecular flexibility index (Phi) is 9.78. The number of carbonyl (C=O) groups is 1. The zero-order valence-corrected chi connectivity index (χ0v) is 21.0. The minimum absolute atomic E-state index is 0.00732. The van der Waals surface area contributed by atoms with E-state index in [2.05, 4.69) is 35.4 Å². The van der Waals surface area contributed by atoms with Gasteiger partial charge >= 0.3 is 6.03 Å². The van der Waals surface area contributed by atoms with Crippen molar-refractivity contribution in [3.63, 3.8) is 0 Å². The largest absolute Gasteiger partial charge is 0.507 e.